The number of rotatable bonds is 3. The van der Waals surface area contributed by atoms with Gasteiger partial charge >= 0.3 is 0 Å². The van der Waals surface area contributed by atoms with Crippen LogP contribution in [0.3, 0.4) is 0 Å². The number of fused-ring (bicyclic) bond motifs is 1. The quantitative estimate of drug-likeness (QED) is 0.724. The van der Waals surface area contributed by atoms with Crippen molar-refractivity contribution in [2.24, 2.45) is 5.73 Å². The lowest BCUT2D eigenvalue weighted by atomic mass is 10.2. The summed E-state index contributed by atoms with van der Waals surface area (Å²) in [5.41, 5.74) is 6.62. The zero-order valence-corrected chi connectivity index (χ0v) is 8.03. The molecule has 0 saturated carbocycles. The fourth-order valence-electron chi connectivity index (χ4n) is 1.69. The van der Waals surface area contributed by atoms with Gasteiger partial charge in [-0.25, -0.2) is 4.98 Å². The number of imidazole rings is 1. The minimum Gasteiger partial charge on any atom is -0.344 e. The zero-order valence-electron chi connectivity index (χ0n) is 8.03. The Balaban J connectivity index is 2.10. The molecular weight excluding hydrogens is 164 g/mol. The fourth-order valence-corrected chi connectivity index (χ4v) is 1.69. The molecule has 0 aliphatic carbocycles. The largest absolute Gasteiger partial charge is 0.344 e. The van der Waals surface area contributed by atoms with Crippen molar-refractivity contribution in [2.75, 3.05) is 25.0 Å². The lowest BCUT2D eigenvalue weighted by molar-refractivity contribution is 0.774. The summed E-state index contributed by atoms with van der Waals surface area (Å²) < 4.78 is 2.21. The van der Waals surface area contributed by atoms with Crippen molar-refractivity contribution in [3.63, 3.8) is 0 Å². The van der Waals surface area contributed by atoms with Crippen molar-refractivity contribution in [1.82, 2.24) is 9.55 Å². The van der Waals surface area contributed by atoms with Crippen LogP contribution in [0.15, 0.2) is 6.20 Å². The molecule has 0 amide bonds. The summed E-state index contributed by atoms with van der Waals surface area (Å²) in [7, 11) is 2.08. The molecule has 2 heterocycles. The SMILES string of the molecule is CN1CCn2cc(CCCN)nc21. The fraction of sp³-hybridized carbons (Fsp3) is 0.667. The monoisotopic (exact) mass is 180 g/mol. The summed E-state index contributed by atoms with van der Waals surface area (Å²) in [6.07, 6.45) is 4.18. The van der Waals surface area contributed by atoms with Gasteiger partial charge in [0.1, 0.15) is 0 Å². The van der Waals surface area contributed by atoms with Crippen molar-refractivity contribution in [2.45, 2.75) is 19.4 Å². The Labute approximate surface area is 78.4 Å². The highest BCUT2D eigenvalue weighted by Gasteiger charge is 2.17. The van der Waals surface area contributed by atoms with Crippen LogP contribution in [-0.4, -0.2) is 29.7 Å². The summed E-state index contributed by atoms with van der Waals surface area (Å²) in [5.74, 6) is 1.10. The topological polar surface area (TPSA) is 47.1 Å². The molecule has 0 spiro atoms. The summed E-state index contributed by atoms with van der Waals surface area (Å²) in [4.78, 5) is 6.73. The highest BCUT2D eigenvalue weighted by molar-refractivity contribution is 5.35. The molecule has 4 heteroatoms. The molecule has 0 radical (unpaired) electrons. The van der Waals surface area contributed by atoms with Crippen LogP contribution in [-0.2, 0) is 13.0 Å². The maximum atomic E-state index is 5.45. The molecule has 13 heavy (non-hydrogen) atoms. The highest BCUT2D eigenvalue weighted by atomic mass is 15.3. The summed E-state index contributed by atoms with van der Waals surface area (Å²) in [5, 5.41) is 0. The van der Waals surface area contributed by atoms with Gasteiger partial charge in [0, 0.05) is 26.3 Å². The second-order valence-electron chi connectivity index (χ2n) is 3.54. The van der Waals surface area contributed by atoms with Crippen LogP contribution in [0.4, 0.5) is 5.95 Å². The molecule has 0 saturated heterocycles. The van der Waals surface area contributed by atoms with Gasteiger partial charge in [0.15, 0.2) is 0 Å². The number of aromatic nitrogens is 2. The Kier molecular flexibility index (Phi) is 2.22. The molecule has 2 rings (SSSR count). The Morgan fingerprint density at radius 1 is 1.54 bits per heavy atom. The molecule has 1 aromatic rings. The first-order valence-corrected chi connectivity index (χ1v) is 4.78. The Hall–Kier alpha value is -1.03. The zero-order chi connectivity index (χ0) is 9.26. The van der Waals surface area contributed by atoms with Crippen molar-refractivity contribution in [3.05, 3.63) is 11.9 Å². The van der Waals surface area contributed by atoms with E-state index in [1.807, 2.05) is 0 Å². The molecule has 0 bridgehead atoms. The predicted octanol–water partition coefficient (Wildman–Crippen LogP) is 0.224. The van der Waals surface area contributed by atoms with Crippen LogP contribution in [0.1, 0.15) is 12.1 Å². The van der Waals surface area contributed by atoms with Crippen LogP contribution in [0, 0.1) is 0 Å². The van der Waals surface area contributed by atoms with E-state index in [-0.39, 0.29) is 0 Å². The predicted molar refractivity (Wildman–Crippen MR) is 52.9 cm³/mol. The van der Waals surface area contributed by atoms with Crippen LogP contribution in [0.25, 0.3) is 0 Å². The Morgan fingerprint density at radius 3 is 3.08 bits per heavy atom. The molecule has 1 aliphatic heterocycles. The molecular formula is C9H16N4. The van der Waals surface area contributed by atoms with Gasteiger partial charge in [0.2, 0.25) is 5.95 Å². The van der Waals surface area contributed by atoms with E-state index < -0.39 is 0 Å². The highest BCUT2D eigenvalue weighted by Crippen LogP contribution is 2.19. The number of hydrogen-bond donors (Lipinski definition) is 1. The van der Waals surface area contributed by atoms with E-state index in [0.717, 1.165) is 38.4 Å². The first-order valence-electron chi connectivity index (χ1n) is 4.78. The average Bonchev–Trinajstić information content (AvgIpc) is 2.65. The van der Waals surface area contributed by atoms with E-state index in [9.17, 15) is 0 Å². The van der Waals surface area contributed by atoms with Gasteiger partial charge in [-0.15, -0.1) is 0 Å². The number of likely N-dealkylation sites (N-methyl/N-ethyl adjacent to an activating group) is 1. The van der Waals surface area contributed by atoms with Crippen molar-refractivity contribution < 1.29 is 0 Å². The normalized spacial score (nSPS) is 15.1. The van der Waals surface area contributed by atoms with E-state index in [1.165, 1.54) is 5.69 Å². The minimum absolute atomic E-state index is 0.748. The van der Waals surface area contributed by atoms with Gasteiger partial charge in [-0.3, -0.25) is 0 Å². The van der Waals surface area contributed by atoms with Gasteiger partial charge in [-0.1, -0.05) is 0 Å². The van der Waals surface area contributed by atoms with Crippen molar-refractivity contribution in [3.8, 4) is 0 Å². The van der Waals surface area contributed by atoms with Crippen LogP contribution in [0.5, 0.6) is 0 Å². The third kappa shape index (κ3) is 1.54. The second-order valence-corrected chi connectivity index (χ2v) is 3.54. The van der Waals surface area contributed by atoms with Crippen LogP contribution < -0.4 is 10.6 Å². The third-order valence-electron chi connectivity index (χ3n) is 2.46. The summed E-state index contributed by atoms with van der Waals surface area (Å²) in [6, 6.07) is 0. The molecule has 1 aromatic heterocycles. The standard InChI is InChI=1S/C9H16N4/c1-12-5-6-13-7-8(3-2-4-10)11-9(12)13/h7H,2-6,10H2,1H3. The van der Waals surface area contributed by atoms with E-state index >= 15 is 0 Å². The van der Waals surface area contributed by atoms with Gasteiger partial charge in [0.25, 0.3) is 0 Å². The number of aryl methyl sites for hydroxylation is 1. The lowest BCUT2D eigenvalue weighted by Gasteiger charge is -2.05. The molecule has 0 atom stereocenters. The number of hydrogen-bond acceptors (Lipinski definition) is 3. The minimum atomic E-state index is 0.748. The van der Waals surface area contributed by atoms with Crippen molar-refractivity contribution >= 4 is 5.95 Å². The number of anilines is 1. The molecule has 0 fully saturated rings. The van der Waals surface area contributed by atoms with E-state index in [1.54, 1.807) is 0 Å². The second kappa shape index (κ2) is 3.38. The van der Waals surface area contributed by atoms with E-state index in [4.69, 9.17) is 5.73 Å². The van der Waals surface area contributed by atoms with Crippen molar-refractivity contribution in [1.29, 1.82) is 0 Å². The molecule has 72 valence electrons. The first-order chi connectivity index (χ1) is 6.31. The van der Waals surface area contributed by atoms with E-state index in [0.29, 0.717) is 0 Å². The van der Waals surface area contributed by atoms with Crippen LogP contribution in [0.2, 0.25) is 0 Å². The van der Waals surface area contributed by atoms with Gasteiger partial charge in [0.05, 0.1) is 5.69 Å². The maximum absolute atomic E-state index is 5.45. The first kappa shape index (κ1) is 8.56. The average molecular weight is 180 g/mol. The Bertz CT molecular complexity index is 292. The molecule has 0 aromatic carbocycles. The number of nitrogens with two attached hydrogens (primary N) is 1. The van der Waals surface area contributed by atoms with Gasteiger partial charge in [-0.05, 0) is 19.4 Å². The third-order valence-corrected chi connectivity index (χ3v) is 2.46. The number of nitrogens with zero attached hydrogens (tertiary/aromatic N) is 3. The molecule has 2 N–H and O–H groups in total. The van der Waals surface area contributed by atoms with Gasteiger partial charge < -0.3 is 15.2 Å². The summed E-state index contributed by atoms with van der Waals surface area (Å²) >= 11 is 0. The lowest BCUT2D eigenvalue weighted by Crippen LogP contribution is -2.13. The van der Waals surface area contributed by atoms with E-state index in [2.05, 4.69) is 27.7 Å². The maximum Gasteiger partial charge on any atom is 0.205 e. The summed E-state index contributed by atoms with van der Waals surface area (Å²) in [6.45, 7) is 2.90. The van der Waals surface area contributed by atoms with Gasteiger partial charge in [-0.2, -0.15) is 0 Å². The smallest absolute Gasteiger partial charge is 0.205 e. The molecule has 4 nitrogen and oxygen atoms in total. The Morgan fingerprint density at radius 2 is 2.38 bits per heavy atom. The molecule has 0 unspecified atom stereocenters. The van der Waals surface area contributed by atoms with Crippen LogP contribution >= 0.6 is 0 Å². The molecule has 1 aliphatic rings.